The molecule has 5 nitrogen and oxygen atoms in total. The lowest BCUT2D eigenvalue weighted by Crippen LogP contribution is -2.50. The van der Waals surface area contributed by atoms with Gasteiger partial charge in [-0.1, -0.05) is 23.7 Å². The second-order valence-corrected chi connectivity index (χ2v) is 8.14. The highest BCUT2D eigenvalue weighted by atomic mass is 79.9. The van der Waals surface area contributed by atoms with Crippen molar-refractivity contribution in [1.29, 1.82) is 0 Å². The van der Waals surface area contributed by atoms with Crippen LogP contribution < -0.4 is 10.1 Å². The summed E-state index contributed by atoms with van der Waals surface area (Å²) in [5.74, 6) is -0.553. The van der Waals surface area contributed by atoms with Crippen molar-refractivity contribution in [2.45, 2.75) is 39.4 Å². The van der Waals surface area contributed by atoms with E-state index in [-0.39, 0.29) is 36.8 Å². The molecular weight excluding hydrogens is 463 g/mol. The van der Waals surface area contributed by atoms with Crippen LogP contribution in [0.3, 0.4) is 0 Å². The minimum absolute atomic E-state index is 0.0611. The van der Waals surface area contributed by atoms with E-state index < -0.39 is 6.04 Å². The smallest absolute Gasteiger partial charge is 0.261 e. The number of hydrogen-bond donors (Lipinski definition) is 1. The van der Waals surface area contributed by atoms with Gasteiger partial charge in [0, 0.05) is 17.6 Å². The average molecular weight is 486 g/mol. The second-order valence-electron chi connectivity index (χ2n) is 6.85. The molecule has 0 bridgehead atoms. The molecule has 0 aliphatic carbocycles. The fraction of sp³-hybridized carbons (Fsp3) is 0.333. The molecule has 2 amide bonds. The van der Waals surface area contributed by atoms with Crippen LogP contribution in [0.25, 0.3) is 0 Å². The standard InChI is InChI=1S/C21H23BrClFN2O3/c1-13(2)25-21(28)14(3)26(11-15-4-7-17(24)8-5-15)20(27)12-29-19-9-6-16(23)10-18(19)22/h4-10,13-14H,11-12H2,1-3H3,(H,25,28)/t14-/m1/s1. The summed E-state index contributed by atoms with van der Waals surface area (Å²) in [5, 5.41) is 3.34. The predicted octanol–water partition coefficient (Wildman–Crippen LogP) is 4.56. The van der Waals surface area contributed by atoms with Crippen molar-refractivity contribution >= 4 is 39.3 Å². The molecule has 1 atom stereocenters. The number of carbonyl (C=O) groups is 2. The van der Waals surface area contributed by atoms with E-state index in [1.807, 2.05) is 13.8 Å². The Morgan fingerprint density at radius 2 is 1.83 bits per heavy atom. The maximum absolute atomic E-state index is 13.2. The van der Waals surface area contributed by atoms with Gasteiger partial charge in [0.2, 0.25) is 5.91 Å². The van der Waals surface area contributed by atoms with E-state index in [2.05, 4.69) is 21.2 Å². The second kappa shape index (κ2) is 10.6. The Morgan fingerprint density at radius 3 is 2.41 bits per heavy atom. The first-order valence-corrected chi connectivity index (χ1v) is 10.3. The highest BCUT2D eigenvalue weighted by molar-refractivity contribution is 9.10. The molecule has 0 aromatic heterocycles. The maximum atomic E-state index is 13.2. The van der Waals surface area contributed by atoms with Crippen LogP contribution in [0.4, 0.5) is 4.39 Å². The van der Waals surface area contributed by atoms with Crippen molar-refractivity contribution in [1.82, 2.24) is 10.2 Å². The summed E-state index contributed by atoms with van der Waals surface area (Å²) in [6, 6.07) is 9.98. The third-order valence-corrected chi connectivity index (χ3v) is 4.96. The quantitative estimate of drug-likeness (QED) is 0.596. The summed E-state index contributed by atoms with van der Waals surface area (Å²) in [6.07, 6.45) is 0. The molecule has 1 N–H and O–H groups in total. The number of benzene rings is 2. The number of hydrogen-bond acceptors (Lipinski definition) is 3. The lowest BCUT2D eigenvalue weighted by Gasteiger charge is -2.29. The largest absolute Gasteiger partial charge is 0.483 e. The van der Waals surface area contributed by atoms with Crippen LogP contribution in [-0.2, 0) is 16.1 Å². The Kier molecular flexibility index (Phi) is 8.46. The number of ether oxygens (including phenoxy) is 1. The third kappa shape index (κ3) is 7.01. The van der Waals surface area contributed by atoms with E-state index in [1.165, 1.54) is 17.0 Å². The van der Waals surface area contributed by atoms with Crippen LogP contribution in [0.15, 0.2) is 46.9 Å². The zero-order chi connectivity index (χ0) is 21.6. The third-order valence-electron chi connectivity index (χ3n) is 4.11. The van der Waals surface area contributed by atoms with E-state index in [0.29, 0.717) is 20.8 Å². The zero-order valence-electron chi connectivity index (χ0n) is 16.4. The number of amides is 2. The van der Waals surface area contributed by atoms with Gasteiger partial charge in [-0.15, -0.1) is 0 Å². The van der Waals surface area contributed by atoms with Crippen LogP contribution in [0.2, 0.25) is 5.02 Å². The van der Waals surface area contributed by atoms with Crippen molar-refractivity contribution in [3.8, 4) is 5.75 Å². The summed E-state index contributed by atoms with van der Waals surface area (Å²) in [5.41, 5.74) is 0.705. The van der Waals surface area contributed by atoms with Crippen LogP contribution in [0, 0.1) is 5.82 Å². The Morgan fingerprint density at radius 1 is 1.17 bits per heavy atom. The molecule has 29 heavy (non-hydrogen) atoms. The first-order chi connectivity index (χ1) is 13.7. The molecule has 2 aromatic rings. The van der Waals surface area contributed by atoms with Crippen molar-refractivity contribution in [2.24, 2.45) is 0 Å². The number of nitrogens with one attached hydrogen (secondary N) is 1. The minimum atomic E-state index is -0.729. The first-order valence-electron chi connectivity index (χ1n) is 9.09. The fourth-order valence-corrected chi connectivity index (χ4v) is 3.39. The van der Waals surface area contributed by atoms with Crippen LogP contribution in [-0.4, -0.2) is 35.4 Å². The monoisotopic (exact) mass is 484 g/mol. The molecule has 0 radical (unpaired) electrons. The Hall–Kier alpha value is -2.12. The molecular formula is C21H23BrClFN2O3. The van der Waals surface area contributed by atoms with Gasteiger partial charge in [0.1, 0.15) is 17.6 Å². The first kappa shape index (κ1) is 23.2. The molecule has 0 heterocycles. The highest BCUT2D eigenvalue weighted by Gasteiger charge is 2.27. The number of nitrogens with zero attached hydrogens (tertiary/aromatic N) is 1. The topological polar surface area (TPSA) is 58.6 Å². The zero-order valence-corrected chi connectivity index (χ0v) is 18.8. The maximum Gasteiger partial charge on any atom is 0.261 e. The molecule has 0 fully saturated rings. The van der Waals surface area contributed by atoms with E-state index in [9.17, 15) is 14.0 Å². The predicted molar refractivity (Wildman–Crippen MR) is 114 cm³/mol. The summed E-state index contributed by atoms with van der Waals surface area (Å²) in [7, 11) is 0. The van der Waals surface area contributed by atoms with Gasteiger partial charge in [-0.05, 0) is 72.6 Å². The molecule has 0 aliphatic heterocycles. The van der Waals surface area contributed by atoms with Crippen molar-refractivity contribution in [2.75, 3.05) is 6.61 Å². The van der Waals surface area contributed by atoms with Crippen molar-refractivity contribution < 1.29 is 18.7 Å². The molecule has 2 rings (SSSR count). The summed E-state index contributed by atoms with van der Waals surface area (Å²) < 4.78 is 19.4. The molecule has 2 aromatic carbocycles. The van der Waals surface area contributed by atoms with Gasteiger partial charge < -0.3 is 15.0 Å². The molecule has 0 aliphatic rings. The van der Waals surface area contributed by atoms with Crippen molar-refractivity contribution in [3.63, 3.8) is 0 Å². The summed E-state index contributed by atoms with van der Waals surface area (Å²) in [4.78, 5) is 26.8. The van der Waals surface area contributed by atoms with E-state index in [0.717, 1.165) is 0 Å². The van der Waals surface area contributed by atoms with Crippen LogP contribution >= 0.6 is 27.5 Å². The van der Waals surface area contributed by atoms with Crippen LogP contribution in [0.1, 0.15) is 26.3 Å². The highest BCUT2D eigenvalue weighted by Crippen LogP contribution is 2.28. The summed E-state index contributed by atoms with van der Waals surface area (Å²) in [6.45, 7) is 5.23. The Balaban J connectivity index is 2.16. The van der Waals surface area contributed by atoms with Gasteiger partial charge >= 0.3 is 0 Å². The molecule has 0 saturated carbocycles. The number of carbonyl (C=O) groups excluding carboxylic acids is 2. The lowest BCUT2D eigenvalue weighted by molar-refractivity contribution is -0.142. The van der Waals surface area contributed by atoms with Gasteiger partial charge in [0.15, 0.2) is 6.61 Å². The molecule has 0 spiro atoms. The fourth-order valence-electron chi connectivity index (χ4n) is 2.59. The molecule has 0 saturated heterocycles. The molecule has 156 valence electrons. The van der Waals surface area contributed by atoms with E-state index >= 15 is 0 Å². The van der Waals surface area contributed by atoms with Gasteiger partial charge in [0.25, 0.3) is 5.91 Å². The lowest BCUT2D eigenvalue weighted by atomic mass is 10.1. The normalized spacial score (nSPS) is 11.8. The van der Waals surface area contributed by atoms with Gasteiger partial charge in [-0.25, -0.2) is 4.39 Å². The minimum Gasteiger partial charge on any atom is -0.483 e. The van der Waals surface area contributed by atoms with E-state index in [1.54, 1.807) is 37.3 Å². The van der Waals surface area contributed by atoms with Crippen LogP contribution in [0.5, 0.6) is 5.75 Å². The van der Waals surface area contributed by atoms with E-state index in [4.69, 9.17) is 16.3 Å². The molecule has 0 unspecified atom stereocenters. The Bertz CT molecular complexity index is 862. The van der Waals surface area contributed by atoms with Gasteiger partial charge in [-0.2, -0.15) is 0 Å². The SMILES string of the molecule is CC(C)NC(=O)[C@@H](C)N(Cc1ccc(F)cc1)C(=O)COc1ccc(Cl)cc1Br. The summed E-state index contributed by atoms with van der Waals surface area (Å²) >= 11 is 9.26. The Labute approximate surface area is 183 Å². The molecule has 8 heteroatoms. The number of rotatable bonds is 8. The van der Waals surface area contributed by atoms with Gasteiger partial charge in [0.05, 0.1) is 4.47 Å². The van der Waals surface area contributed by atoms with Crippen molar-refractivity contribution in [3.05, 3.63) is 63.3 Å². The number of halogens is 3. The average Bonchev–Trinajstić information content (AvgIpc) is 2.65. The van der Waals surface area contributed by atoms with Gasteiger partial charge in [-0.3, -0.25) is 9.59 Å².